The van der Waals surface area contributed by atoms with Crippen molar-refractivity contribution in [2.75, 3.05) is 26.2 Å². The lowest BCUT2D eigenvalue weighted by Crippen LogP contribution is -2.56. The van der Waals surface area contributed by atoms with Gasteiger partial charge in [0, 0.05) is 47.0 Å². The van der Waals surface area contributed by atoms with Crippen LogP contribution in [0.1, 0.15) is 64.6 Å². The van der Waals surface area contributed by atoms with E-state index in [-0.39, 0.29) is 41.9 Å². The maximum atomic E-state index is 14.4. The maximum absolute atomic E-state index is 14.4. The van der Waals surface area contributed by atoms with E-state index in [1.165, 1.54) is 11.8 Å². The quantitative estimate of drug-likeness (QED) is 0.378. The van der Waals surface area contributed by atoms with Gasteiger partial charge in [-0.15, -0.1) is 0 Å². The molecule has 6 rings (SSSR count). The molecule has 2 aromatic carbocycles. The van der Waals surface area contributed by atoms with Crippen LogP contribution in [0.15, 0.2) is 64.1 Å². The number of hydrogen-bond acceptors (Lipinski definition) is 6. The number of fused-ring (bicyclic) bond motifs is 1. The van der Waals surface area contributed by atoms with Crippen molar-refractivity contribution >= 4 is 51.9 Å². The molecule has 0 bridgehead atoms. The van der Waals surface area contributed by atoms with Gasteiger partial charge >= 0.3 is 0 Å². The molecule has 2 atom stereocenters. The number of piperazine rings is 1. The highest BCUT2D eigenvalue weighted by Crippen LogP contribution is 2.56. The van der Waals surface area contributed by atoms with Crippen LogP contribution in [0, 0.1) is 5.92 Å². The van der Waals surface area contributed by atoms with E-state index in [1.54, 1.807) is 4.90 Å². The third kappa shape index (κ3) is 5.60. The minimum absolute atomic E-state index is 0.0108. The van der Waals surface area contributed by atoms with Gasteiger partial charge in [-0.05, 0) is 86.7 Å². The molecule has 1 saturated carbocycles. The van der Waals surface area contributed by atoms with Crippen molar-refractivity contribution in [2.24, 2.45) is 10.9 Å². The molecule has 1 aliphatic carbocycles. The Balaban J connectivity index is 1.36. The van der Waals surface area contributed by atoms with Crippen molar-refractivity contribution in [3.8, 4) is 0 Å². The first-order valence-electron chi connectivity index (χ1n) is 15.1. The van der Waals surface area contributed by atoms with Crippen molar-refractivity contribution in [3.05, 3.63) is 80.3 Å². The van der Waals surface area contributed by atoms with E-state index >= 15 is 0 Å². The molecule has 4 aliphatic rings. The van der Waals surface area contributed by atoms with Crippen LogP contribution in [0.25, 0.3) is 0 Å². The minimum Gasteiger partial charge on any atom is -0.338 e. The highest BCUT2D eigenvalue weighted by molar-refractivity contribution is 8.18. The zero-order valence-electron chi connectivity index (χ0n) is 25.4. The summed E-state index contributed by atoms with van der Waals surface area (Å²) < 4.78 is 0. The molecule has 2 amide bonds. The molecule has 10 heteroatoms. The zero-order chi connectivity index (χ0) is 30.7. The summed E-state index contributed by atoms with van der Waals surface area (Å²) in [5.41, 5.74) is 2.48. The molecule has 1 spiro atoms. The summed E-state index contributed by atoms with van der Waals surface area (Å²) in [5.74, 6) is -0.0701. The van der Waals surface area contributed by atoms with E-state index in [2.05, 4.69) is 31.0 Å². The fourth-order valence-electron chi connectivity index (χ4n) is 6.58. The number of carbonyl (C=O) groups excluding carboxylic acids is 2. The van der Waals surface area contributed by atoms with Crippen LogP contribution in [-0.2, 0) is 15.1 Å². The van der Waals surface area contributed by atoms with E-state index in [0.29, 0.717) is 21.5 Å². The van der Waals surface area contributed by atoms with Crippen molar-refractivity contribution < 1.29 is 9.59 Å². The Labute approximate surface area is 268 Å². The highest BCUT2D eigenvalue weighted by atomic mass is 35.5. The van der Waals surface area contributed by atoms with Crippen LogP contribution in [0.5, 0.6) is 0 Å². The molecule has 43 heavy (non-hydrogen) atoms. The molecule has 3 aliphatic heterocycles. The predicted octanol–water partition coefficient (Wildman–Crippen LogP) is 6.44. The fraction of sp³-hybridized carbons (Fsp3) is 0.485. The molecule has 1 saturated heterocycles. The van der Waals surface area contributed by atoms with Gasteiger partial charge in [0.15, 0.2) is 5.17 Å². The number of aliphatic imine (C=N–C) groups is 1. The van der Waals surface area contributed by atoms with Gasteiger partial charge in [-0.2, -0.15) is 0 Å². The summed E-state index contributed by atoms with van der Waals surface area (Å²) in [4.78, 5) is 39.8. The third-order valence-electron chi connectivity index (χ3n) is 9.14. The number of rotatable bonds is 7. The molecule has 0 radical (unpaired) electrons. The number of nitrogens with one attached hydrogen (secondary N) is 1. The first kappa shape index (κ1) is 30.5. The minimum atomic E-state index is -0.635. The monoisotopic (exact) mass is 639 g/mol. The lowest BCUT2D eigenvalue weighted by atomic mass is 9.81. The summed E-state index contributed by atoms with van der Waals surface area (Å²) in [5, 5.41) is 5.68. The molecule has 228 valence electrons. The average molecular weight is 641 g/mol. The molecular formula is C33H39Cl2N5O2S. The Hall–Kier alpha value is -2.52. The van der Waals surface area contributed by atoms with Crippen molar-refractivity contribution in [3.63, 3.8) is 0 Å². The molecule has 2 fully saturated rings. The first-order chi connectivity index (χ1) is 20.4. The van der Waals surface area contributed by atoms with Gasteiger partial charge < -0.3 is 20.0 Å². The number of benzene rings is 2. The van der Waals surface area contributed by atoms with Crippen LogP contribution in [-0.4, -0.2) is 69.4 Å². The van der Waals surface area contributed by atoms with Gasteiger partial charge in [0.1, 0.15) is 17.0 Å². The van der Waals surface area contributed by atoms with Crippen molar-refractivity contribution in [1.29, 1.82) is 0 Å². The standard InChI is InChI=1S/C33H39Cl2N5O2S/c1-20(2)27-28(30(42)39(21(3)4)18-26(41)38-17-16-36-33(19-38)14-15-33)43-31-37-32(5,23-8-12-25(35)13-9-23)29(40(27)31)22-6-10-24(34)11-7-22/h6-13,20-21,29,36H,14-19H2,1-5H3/t29-,32+/m1/s1. The Morgan fingerprint density at radius 1 is 1.05 bits per heavy atom. The molecule has 0 aromatic heterocycles. The fourth-order valence-corrected chi connectivity index (χ4v) is 8.20. The molecular weight excluding hydrogens is 601 g/mol. The zero-order valence-corrected chi connectivity index (χ0v) is 27.7. The van der Waals surface area contributed by atoms with E-state index in [4.69, 9.17) is 28.2 Å². The summed E-state index contributed by atoms with van der Waals surface area (Å²) in [6, 6.07) is 15.4. The first-order valence-corrected chi connectivity index (χ1v) is 16.7. The van der Waals surface area contributed by atoms with Crippen LogP contribution in [0.4, 0.5) is 0 Å². The Kier molecular flexibility index (Phi) is 8.12. The topological polar surface area (TPSA) is 68.2 Å². The van der Waals surface area contributed by atoms with Gasteiger partial charge in [0.2, 0.25) is 5.91 Å². The van der Waals surface area contributed by atoms with Gasteiger partial charge in [0.25, 0.3) is 5.91 Å². The number of amides is 2. The highest BCUT2D eigenvalue weighted by Gasteiger charge is 2.53. The number of carbonyl (C=O) groups is 2. The molecule has 2 aromatic rings. The number of hydrogen-bond donors (Lipinski definition) is 1. The summed E-state index contributed by atoms with van der Waals surface area (Å²) in [7, 11) is 0. The third-order valence-corrected chi connectivity index (χ3v) is 10.7. The van der Waals surface area contributed by atoms with Gasteiger partial charge in [-0.1, -0.05) is 61.3 Å². The van der Waals surface area contributed by atoms with Gasteiger partial charge in [-0.3, -0.25) is 9.59 Å². The lowest BCUT2D eigenvalue weighted by Gasteiger charge is -2.37. The average Bonchev–Trinajstić information content (AvgIpc) is 3.50. The lowest BCUT2D eigenvalue weighted by molar-refractivity contribution is -0.140. The van der Waals surface area contributed by atoms with Crippen LogP contribution < -0.4 is 5.32 Å². The summed E-state index contributed by atoms with van der Waals surface area (Å²) >= 11 is 14.0. The van der Waals surface area contributed by atoms with Crippen LogP contribution in [0.2, 0.25) is 10.0 Å². The second-order valence-corrected chi connectivity index (χ2v) is 14.7. The second kappa shape index (κ2) is 11.4. The Morgan fingerprint density at radius 3 is 2.26 bits per heavy atom. The van der Waals surface area contributed by atoms with Gasteiger partial charge in [-0.25, -0.2) is 4.99 Å². The molecule has 0 unspecified atom stereocenters. The largest absolute Gasteiger partial charge is 0.338 e. The SMILES string of the molecule is CC(C)C1=C(C(=O)N(CC(=O)N2CCNC3(CC3)C2)C(C)C)SC2=N[C@@](C)(c3ccc(Cl)cc3)[C@@H](c3ccc(Cl)cc3)N21. The van der Waals surface area contributed by atoms with E-state index in [0.717, 1.165) is 47.9 Å². The normalized spacial score (nSPS) is 24.2. The van der Waals surface area contributed by atoms with Crippen LogP contribution >= 0.6 is 35.0 Å². The second-order valence-electron chi connectivity index (χ2n) is 12.9. The summed E-state index contributed by atoms with van der Waals surface area (Å²) in [6.45, 7) is 12.6. The van der Waals surface area contributed by atoms with E-state index in [1.807, 2.05) is 67.3 Å². The number of amidine groups is 1. The number of allylic oxidation sites excluding steroid dienone is 1. The van der Waals surface area contributed by atoms with Crippen LogP contribution in [0.3, 0.4) is 0 Å². The number of thioether (sulfide) groups is 1. The van der Waals surface area contributed by atoms with E-state index < -0.39 is 5.54 Å². The van der Waals surface area contributed by atoms with Crippen molar-refractivity contribution in [2.45, 2.75) is 70.6 Å². The smallest absolute Gasteiger partial charge is 0.263 e. The number of nitrogens with zero attached hydrogens (tertiary/aromatic N) is 4. The Bertz CT molecular complexity index is 1490. The molecule has 7 nitrogen and oxygen atoms in total. The van der Waals surface area contributed by atoms with E-state index in [9.17, 15) is 9.59 Å². The Morgan fingerprint density at radius 2 is 1.67 bits per heavy atom. The van der Waals surface area contributed by atoms with Gasteiger partial charge in [0.05, 0.1) is 6.04 Å². The predicted molar refractivity (Wildman–Crippen MR) is 175 cm³/mol. The van der Waals surface area contributed by atoms with Crippen molar-refractivity contribution in [1.82, 2.24) is 20.0 Å². The molecule has 1 N–H and O–H groups in total. The maximum Gasteiger partial charge on any atom is 0.263 e. The summed E-state index contributed by atoms with van der Waals surface area (Å²) in [6.07, 6.45) is 2.21. The number of halogens is 2. The molecule has 3 heterocycles.